The molecule has 0 radical (unpaired) electrons. The highest BCUT2D eigenvalue weighted by molar-refractivity contribution is 6.08. The summed E-state index contributed by atoms with van der Waals surface area (Å²) in [5, 5.41) is 6.35. The summed E-state index contributed by atoms with van der Waals surface area (Å²) in [5.74, 6) is 0.935. The van der Waals surface area contributed by atoms with E-state index in [1.807, 2.05) is 0 Å². The Balaban J connectivity index is 1.29. The highest BCUT2D eigenvalue weighted by atomic mass is 15.0. The van der Waals surface area contributed by atoms with Crippen LogP contribution in [0.2, 0.25) is 0 Å². The first kappa shape index (κ1) is 25.7. The van der Waals surface area contributed by atoms with Gasteiger partial charge in [-0.05, 0) is 86.3 Å². The molecule has 3 aliphatic rings. The molecule has 1 heterocycles. The van der Waals surface area contributed by atoms with E-state index in [0.717, 1.165) is 29.9 Å². The molecule has 1 atom stereocenters. The van der Waals surface area contributed by atoms with Crippen molar-refractivity contribution in [2.75, 3.05) is 0 Å². The standard InChI is InChI=1S/C41H34N2/c1-41(2)35-25-31(40-42-36(28-16-8-4-9-17-28)26-37(43-40)29-18-10-5-11-19-29)22-23-33(35)38-34(27-14-6-3-7-15-27)24-30-20-12-13-21-32(30)39(38)41/h3-10,12-18,20-26,37H,11,19H2,1-2H3,(H,42,43). The highest BCUT2D eigenvalue weighted by Gasteiger charge is 2.39. The zero-order chi connectivity index (χ0) is 29.0. The van der Waals surface area contributed by atoms with Gasteiger partial charge < -0.3 is 5.32 Å². The maximum Gasteiger partial charge on any atom is 0.133 e. The molecule has 8 rings (SSSR count). The van der Waals surface area contributed by atoms with Crippen LogP contribution in [0.3, 0.4) is 0 Å². The third-order valence-electron chi connectivity index (χ3n) is 9.35. The van der Waals surface area contributed by atoms with E-state index < -0.39 is 0 Å². The molecule has 0 saturated heterocycles. The SMILES string of the molecule is CC1(C)c2cc(C3=NC(C4=CC=CCC4)C=C(c4ccccc4)N3)ccc2-c2c(-c3ccccc3)cc3ccccc3c21. The maximum absolute atomic E-state index is 5.32. The van der Waals surface area contributed by atoms with Gasteiger partial charge in [-0.3, -0.25) is 4.99 Å². The van der Waals surface area contributed by atoms with Gasteiger partial charge >= 0.3 is 0 Å². The number of nitrogens with zero attached hydrogens (tertiary/aromatic N) is 1. The van der Waals surface area contributed by atoms with E-state index in [1.165, 1.54) is 55.3 Å². The van der Waals surface area contributed by atoms with E-state index in [-0.39, 0.29) is 11.5 Å². The minimum Gasteiger partial charge on any atom is -0.340 e. The second-order valence-corrected chi connectivity index (χ2v) is 12.3. The van der Waals surface area contributed by atoms with Gasteiger partial charge in [-0.25, -0.2) is 0 Å². The molecular weight excluding hydrogens is 520 g/mol. The molecule has 0 bridgehead atoms. The number of hydrogen-bond donors (Lipinski definition) is 1. The van der Waals surface area contributed by atoms with Crippen LogP contribution < -0.4 is 5.32 Å². The Morgan fingerprint density at radius 2 is 1.49 bits per heavy atom. The van der Waals surface area contributed by atoms with Gasteiger partial charge in [0.05, 0.1) is 6.04 Å². The first-order chi connectivity index (χ1) is 21.1. The number of allylic oxidation sites excluding steroid dienone is 3. The predicted octanol–water partition coefficient (Wildman–Crippen LogP) is 9.85. The Morgan fingerprint density at radius 1 is 0.744 bits per heavy atom. The van der Waals surface area contributed by atoms with Crippen LogP contribution in [0.25, 0.3) is 38.7 Å². The lowest BCUT2D eigenvalue weighted by atomic mass is 9.79. The Hall–Kier alpha value is -4.95. The van der Waals surface area contributed by atoms with Gasteiger partial charge in [0, 0.05) is 16.7 Å². The van der Waals surface area contributed by atoms with Gasteiger partial charge in [0.1, 0.15) is 5.84 Å². The highest BCUT2D eigenvalue weighted by Crippen LogP contribution is 2.55. The third-order valence-corrected chi connectivity index (χ3v) is 9.35. The van der Waals surface area contributed by atoms with Crippen LogP contribution in [-0.4, -0.2) is 11.9 Å². The van der Waals surface area contributed by atoms with Crippen LogP contribution in [0.4, 0.5) is 0 Å². The number of aliphatic imine (C=N–C) groups is 1. The smallest absolute Gasteiger partial charge is 0.133 e. The summed E-state index contributed by atoms with van der Waals surface area (Å²) < 4.78 is 0. The van der Waals surface area contributed by atoms with Crippen molar-refractivity contribution in [3.05, 3.63) is 161 Å². The second kappa shape index (κ2) is 10.1. The summed E-state index contributed by atoms with van der Waals surface area (Å²) in [6.45, 7) is 4.77. The monoisotopic (exact) mass is 554 g/mol. The molecule has 0 aromatic heterocycles. The van der Waals surface area contributed by atoms with Gasteiger partial charge in [-0.2, -0.15) is 0 Å². The van der Waals surface area contributed by atoms with Crippen molar-refractivity contribution in [1.82, 2.24) is 5.32 Å². The largest absolute Gasteiger partial charge is 0.340 e. The average Bonchev–Trinajstić information content (AvgIpc) is 3.32. The number of amidine groups is 1. The molecule has 0 fully saturated rings. The molecule has 2 heteroatoms. The molecule has 1 unspecified atom stereocenters. The van der Waals surface area contributed by atoms with Crippen molar-refractivity contribution >= 4 is 22.3 Å². The molecule has 43 heavy (non-hydrogen) atoms. The first-order valence-corrected chi connectivity index (χ1v) is 15.3. The van der Waals surface area contributed by atoms with E-state index in [2.05, 4.69) is 153 Å². The molecule has 5 aromatic carbocycles. The summed E-state index contributed by atoms with van der Waals surface area (Å²) >= 11 is 0. The van der Waals surface area contributed by atoms with Crippen LogP contribution >= 0.6 is 0 Å². The zero-order valence-corrected chi connectivity index (χ0v) is 24.6. The fourth-order valence-corrected chi connectivity index (χ4v) is 7.21. The molecule has 1 aliphatic heterocycles. The molecule has 1 N–H and O–H groups in total. The quantitative estimate of drug-likeness (QED) is 0.235. The average molecular weight is 555 g/mol. The molecular formula is C41H34N2. The first-order valence-electron chi connectivity index (χ1n) is 15.3. The van der Waals surface area contributed by atoms with Crippen molar-refractivity contribution in [2.24, 2.45) is 4.99 Å². The van der Waals surface area contributed by atoms with Crippen LogP contribution in [0, 0.1) is 0 Å². The minimum atomic E-state index is -0.172. The van der Waals surface area contributed by atoms with Gasteiger partial charge in [0.25, 0.3) is 0 Å². The van der Waals surface area contributed by atoms with Gasteiger partial charge in [0.2, 0.25) is 0 Å². The van der Waals surface area contributed by atoms with Crippen LogP contribution in [0.15, 0.2) is 144 Å². The van der Waals surface area contributed by atoms with Crippen LogP contribution in [0.5, 0.6) is 0 Å². The summed E-state index contributed by atoms with van der Waals surface area (Å²) in [6, 6.07) is 39.7. The minimum absolute atomic E-state index is 0.0171. The van der Waals surface area contributed by atoms with Crippen molar-refractivity contribution in [3.63, 3.8) is 0 Å². The van der Waals surface area contributed by atoms with Gasteiger partial charge in [0.15, 0.2) is 0 Å². The number of rotatable bonds is 4. The van der Waals surface area contributed by atoms with Crippen molar-refractivity contribution < 1.29 is 0 Å². The molecule has 2 nitrogen and oxygen atoms in total. The Morgan fingerprint density at radius 3 is 2.26 bits per heavy atom. The Bertz CT molecular complexity index is 2010. The van der Waals surface area contributed by atoms with E-state index in [0.29, 0.717) is 0 Å². The van der Waals surface area contributed by atoms with Crippen molar-refractivity contribution in [2.45, 2.75) is 38.1 Å². The molecule has 0 amide bonds. The van der Waals surface area contributed by atoms with Crippen molar-refractivity contribution in [1.29, 1.82) is 0 Å². The molecule has 2 aliphatic carbocycles. The summed E-state index contributed by atoms with van der Waals surface area (Å²) in [4.78, 5) is 5.32. The Labute approximate surface area is 253 Å². The topological polar surface area (TPSA) is 24.4 Å². The maximum atomic E-state index is 5.32. The predicted molar refractivity (Wildman–Crippen MR) is 181 cm³/mol. The fourth-order valence-electron chi connectivity index (χ4n) is 7.21. The fraction of sp³-hybridized carbons (Fsp3) is 0.146. The second-order valence-electron chi connectivity index (χ2n) is 12.3. The molecule has 5 aromatic rings. The van der Waals surface area contributed by atoms with Crippen LogP contribution in [0.1, 0.15) is 48.9 Å². The third kappa shape index (κ3) is 4.29. The van der Waals surface area contributed by atoms with E-state index in [9.17, 15) is 0 Å². The number of nitrogens with one attached hydrogen (secondary N) is 1. The van der Waals surface area contributed by atoms with Crippen molar-refractivity contribution in [3.8, 4) is 22.3 Å². The van der Waals surface area contributed by atoms with Gasteiger partial charge in [-0.1, -0.05) is 129 Å². The van der Waals surface area contributed by atoms with E-state index in [1.54, 1.807) is 0 Å². The zero-order valence-electron chi connectivity index (χ0n) is 24.6. The summed E-state index contributed by atoms with van der Waals surface area (Å²) in [5.41, 5.74) is 12.6. The number of benzene rings is 5. The molecule has 0 spiro atoms. The Kier molecular flexibility index (Phi) is 6.04. The molecule has 0 saturated carbocycles. The lowest BCUT2D eigenvalue weighted by Gasteiger charge is -2.27. The lowest BCUT2D eigenvalue weighted by molar-refractivity contribution is 0.666. The van der Waals surface area contributed by atoms with E-state index >= 15 is 0 Å². The normalized spacial score (nSPS) is 18.3. The van der Waals surface area contributed by atoms with Gasteiger partial charge in [-0.15, -0.1) is 0 Å². The summed E-state index contributed by atoms with van der Waals surface area (Å²) in [6.07, 6.45) is 11.1. The number of hydrogen-bond acceptors (Lipinski definition) is 2. The van der Waals surface area contributed by atoms with Crippen LogP contribution in [-0.2, 0) is 5.41 Å². The van der Waals surface area contributed by atoms with E-state index in [4.69, 9.17) is 4.99 Å². The number of fused-ring (bicyclic) bond motifs is 5. The summed E-state index contributed by atoms with van der Waals surface area (Å²) in [7, 11) is 0. The molecule has 208 valence electrons. The lowest BCUT2D eigenvalue weighted by Crippen LogP contribution is -2.31.